The van der Waals surface area contributed by atoms with Crippen LogP contribution in [0.25, 0.3) is 16.5 Å². The molecule has 4 rings (SSSR count). The van der Waals surface area contributed by atoms with Crippen LogP contribution < -0.4 is 4.74 Å². The number of fused-ring (bicyclic) bond motifs is 2. The maximum Gasteiger partial charge on any atom is 0.331 e. The van der Waals surface area contributed by atoms with Crippen LogP contribution in [-0.2, 0) is 4.79 Å². The van der Waals surface area contributed by atoms with Crippen molar-refractivity contribution in [1.29, 1.82) is 0 Å². The number of carbonyl (C=O) groups is 2. The number of rotatable bonds is 3. The summed E-state index contributed by atoms with van der Waals surface area (Å²) in [7, 11) is 0. The van der Waals surface area contributed by atoms with Crippen LogP contribution in [0.4, 0.5) is 0 Å². The number of nitrogens with zero attached hydrogens (tertiary/aromatic N) is 1. The molecular formula is C21H14BrNO3. The third kappa shape index (κ3) is 2.91. The molecule has 0 saturated carbocycles. The number of hydrogen-bond donors (Lipinski definition) is 0. The van der Waals surface area contributed by atoms with Gasteiger partial charge < -0.3 is 4.74 Å². The molecule has 3 aromatic rings. The van der Waals surface area contributed by atoms with E-state index in [9.17, 15) is 9.59 Å². The van der Waals surface area contributed by atoms with Crippen molar-refractivity contribution < 1.29 is 14.3 Å². The Morgan fingerprint density at radius 2 is 1.69 bits per heavy atom. The molecule has 0 aliphatic carbocycles. The second kappa shape index (κ2) is 6.42. The van der Waals surface area contributed by atoms with Gasteiger partial charge in [0.05, 0.1) is 0 Å². The highest BCUT2D eigenvalue weighted by Gasteiger charge is 2.32. The van der Waals surface area contributed by atoms with Gasteiger partial charge >= 0.3 is 5.97 Å². The second-order valence-corrected chi connectivity index (χ2v) is 6.93. The van der Waals surface area contributed by atoms with Crippen LogP contribution in [0.2, 0.25) is 0 Å². The van der Waals surface area contributed by atoms with Gasteiger partial charge in [0.15, 0.2) is 0 Å². The lowest BCUT2D eigenvalue weighted by molar-refractivity contribution is -0.134. The third-order valence-electron chi connectivity index (χ3n) is 4.33. The Morgan fingerprint density at radius 3 is 2.46 bits per heavy atom. The Balaban J connectivity index is 1.50. The monoisotopic (exact) mass is 407 g/mol. The number of carbonyl (C=O) groups excluding carboxylic acids is 2. The van der Waals surface area contributed by atoms with Crippen molar-refractivity contribution in [2.24, 2.45) is 0 Å². The van der Waals surface area contributed by atoms with Gasteiger partial charge in [0.2, 0.25) is 0 Å². The average Bonchev–Trinajstić information content (AvgIpc) is 2.87. The molecule has 0 atom stereocenters. The number of halogens is 1. The van der Waals surface area contributed by atoms with Crippen molar-refractivity contribution in [2.45, 2.75) is 0 Å². The zero-order valence-corrected chi connectivity index (χ0v) is 15.3. The van der Waals surface area contributed by atoms with E-state index < -0.39 is 5.97 Å². The van der Waals surface area contributed by atoms with Gasteiger partial charge in [-0.3, -0.25) is 9.69 Å². The third-order valence-corrected chi connectivity index (χ3v) is 4.83. The van der Waals surface area contributed by atoms with Crippen molar-refractivity contribution >= 4 is 44.3 Å². The number of ether oxygens (including phenoxy) is 1. The molecule has 5 heteroatoms. The standard InChI is InChI=1S/C21H14BrNO3/c1-13-18-4-2-3-5-19(18)21(25)23(13)12-20(24)26-17-9-7-14-10-16(22)8-6-15(14)11-17/h2-11H,1,12H2. The number of esters is 1. The molecule has 0 aromatic heterocycles. The van der Waals surface area contributed by atoms with Gasteiger partial charge in [-0.05, 0) is 41.1 Å². The summed E-state index contributed by atoms with van der Waals surface area (Å²) in [4.78, 5) is 26.1. The first kappa shape index (κ1) is 16.5. The predicted octanol–water partition coefficient (Wildman–Crippen LogP) is 4.63. The number of hydrogen-bond acceptors (Lipinski definition) is 3. The molecule has 0 N–H and O–H groups in total. The molecule has 1 aliphatic heterocycles. The molecule has 0 unspecified atom stereocenters. The van der Waals surface area contributed by atoms with Crippen LogP contribution >= 0.6 is 15.9 Å². The maximum absolute atomic E-state index is 12.5. The first-order chi connectivity index (χ1) is 12.5. The van der Waals surface area contributed by atoms with E-state index in [4.69, 9.17) is 4.74 Å². The predicted molar refractivity (Wildman–Crippen MR) is 104 cm³/mol. The fourth-order valence-corrected chi connectivity index (χ4v) is 3.43. The fraction of sp³-hybridized carbons (Fsp3) is 0.0476. The van der Waals surface area contributed by atoms with Crippen molar-refractivity contribution in [3.05, 3.63) is 82.8 Å². The highest BCUT2D eigenvalue weighted by molar-refractivity contribution is 9.10. The second-order valence-electron chi connectivity index (χ2n) is 6.01. The first-order valence-electron chi connectivity index (χ1n) is 8.03. The topological polar surface area (TPSA) is 46.6 Å². The minimum Gasteiger partial charge on any atom is -0.425 e. The van der Waals surface area contributed by atoms with Crippen LogP contribution in [0.15, 0.2) is 71.7 Å². The molecule has 0 spiro atoms. The normalized spacial score (nSPS) is 13.2. The zero-order chi connectivity index (χ0) is 18.3. The summed E-state index contributed by atoms with van der Waals surface area (Å²) < 4.78 is 6.41. The molecule has 0 fully saturated rings. The SMILES string of the molecule is C=C1c2ccccc2C(=O)N1CC(=O)Oc1ccc2cc(Br)ccc2c1. The summed E-state index contributed by atoms with van der Waals surface area (Å²) >= 11 is 3.43. The Morgan fingerprint density at radius 1 is 1.00 bits per heavy atom. The lowest BCUT2D eigenvalue weighted by Gasteiger charge is -2.16. The van der Waals surface area contributed by atoms with E-state index in [-0.39, 0.29) is 12.5 Å². The summed E-state index contributed by atoms with van der Waals surface area (Å²) in [5, 5.41) is 2.00. The summed E-state index contributed by atoms with van der Waals surface area (Å²) in [6.07, 6.45) is 0. The summed E-state index contributed by atoms with van der Waals surface area (Å²) in [6, 6.07) is 18.5. The minimum atomic E-state index is -0.510. The molecule has 1 amide bonds. The zero-order valence-electron chi connectivity index (χ0n) is 13.7. The Labute approximate surface area is 158 Å². The molecular weight excluding hydrogens is 394 g/mol. The van der Waals surface area contributed by atoms with Crippen molar-refractivity contribution in [1.82, 2.24) is 4.90 Å². The quantitative estimate of drug-likeness (QED) is 0.469. The van der Waals surface area contributed by atoms with Crippen LogP contribution in [0.3, 0.4) is 0 Å². The lowest BCUT2D eigenvalue weighted by Crippen LogP contribution is -2.31. The minimum absolute atomic E-state index is 0.176. The highest BCUT2D eigenvalue weighted by atomic mass is 79.9. The lowest BCUT2D eigenvalue weighted by atomic mass is 10.1. The van der Waals surface area contributed by atoms with Gasteiger partial charge in [-0.2, -0.15) is 0 Å². The van der Waals surface area contributed by atoms with Crippen LogP contribution in [0, 0.1) is 0 Å². The van der Waals surface area contributed by atoms with E-state index in [0.717, 1.165) is 20.8 Å². The molecule has 0 radical (unpaired) electrons. The van der Waals surface area contributed by atoms with Crippen LogP contribution in [0.5, 0.6) is 5.75 Å². The number of amides is 1. The highest BCUT2D eigenvalue weighted by Crippen LogP contribution is 2.31. The van der Waals surface area contributed by atoms with Crippen LogP contribution in [0.1, 0.15) is 15.9 Å². The molecule has 1 aliphatic rings. The van der Waals surface area contributed by atoms with Gasteiger partial charge in [-0.25, -0.2) is 4.79 Å². The summed E-state index contributed by atoms with van der Waals surface area (Å²) in [6.45, 7) is 3.75. The number of benzene rings is 3. The average molecular weight is 408 g/mol. The Hall–Kier alpha value is -2.92. The molecule has 0 bridgehead atoms. The van der Waals surface area contributed by atoms with Gasteiger partial charge in [-0.15, -0.1) is 0 Å². The van der Waals surface area contributed by atoms with E-state index in [1.165, 1.54) is 4.90 Å². The smallest absolute Gasteiger partial charge is 0.331 e. The van der Waals surface area contributed by atoms with Gasteiger partial charge in [0.25, 0.3) is 5.91 Å². The Kier molecular flexibility index (Phi) is 4.09. The molecule has 128 valence electrons. The van der Waals surface area contributed by atoms with Crippen molar-refractivity contribution in [3.8, 4) is 5.75 Å². The first-order valence-corrected chi connectivity index (χ1v) is 8.82. The molecule has 3 aromatic carbocycles. The van der Waals surface area contributed by atoms with Gasteiger partial charge in [0.1, 0.15) is 12.3 Å². The van der Waals surface area contributed by atoms with Gasteiger partial charge in [0, 0.05) is 21.3 Å². The summed E-state index contributed by atoms with van der Waals surface area (Å²) in [5.74, 6) is -0.297. The fourth-order valence-electron chi connectivity index (χ4n) is 3.05. The largest absolute Gasteiger partial charge is 0.425 e. The molecule has 1 heterocycles. The molecule has 26 heavy (non-hydrogen) atoms. The van der Waals surface area contributed by atoms with Crippen LogP contribution in [-0.4, -0.2) is 23.3 Å². The summed E-state index contributed by atoms with van der Waals surface area (Å²) in [5.41, 5.74) is 1.83. The van der Waals surface area contributed by atoms with E-state index in [1.54, 1.807) is 24.3 Å². The maximum atomic E-state index is 12.5. The Bertz CT molecular complexity index is 1040. The van der Waals surface area contributed by atoms with Crippen molar-refractivity contribution in [3.63, 3.8) is 0 Å². The van der Waals surface area contributed by atoms with E-state index >= 15 is 0 Å². The van der Waals surface area contributed by atoms with Gasteiger partial charge in [-0.1, -0.05) is 52.8 Å². The van der Waals surface area contributed by atoms with E-state index in [1.807, 2.05) is 36.4 Å². The van der Waals surface area contributed by atoms with Crippen molar-refractivity contribution in [2.75, 3.05) is 6.54 Å². The van der Waals surface area contributed by atoms with E-state index in [2.05, 4.69) is 22.5 Å². The van der Waals surface area contributed by atoms with E-state index in [0.29, 0.717) is 17.0 Å². The molecule has 4 nitrogen and oxygen atoms in total. The molecule has 0 saturated heterocycles.